The second kappa shape index (κ2) is 13.6. The number of ketones is 1. The summed E-state index contributed by atoms with van der Waals surface area (Å²) in [7, 11) is 1.71. The normalized spacial score (nSPS) is 27.0. The molecule has 11 heteroatoms. The number of nitrogens with zero attached hydrogens (tertiary/aromatic N) is 1. The predicted molar refractivity (Wildman–Crippen MR) is 155 cm³/mol. The van der Waals surface area contributed by atoms with Crippen molar-refractivity contribution in [3.63, 3.8) is 0 Å². The molecule has 3 aliphatic rings. The van der Waals surface area contributed by atoms with Gasteiger partial charge in [-0.05, 0) is 97.6 Å². The average Bonchev–Trinajstić information content (AvgIpc) is 3.24. The quantitative estimate of drug-likeness (QED) is 0.175. The van der Waals surface area contributed by atoms with E-state index in [1.807, 2.05) is 0 Å². The third kappa shape index (κ3) is 7.50. The van der Waals surface area contributed by atoms with Gasteiger partial charge in [0.2, 0.25) is 5.91 Å². The lowest BCUT2D eigenvalue weighted by atomic mass is 9.52. The number of benzene rings is 1. The van der Waals surface area contributed by atoms with Crippen LogP contribution in [0.5, 0.6) is 5.75 Å². The summed E-state index contributed by atoms with van der Waals surface area (Å²) in [5, 5.41) is 10.1. The molecule has 43 heavy (non-hydrogen) atoms. The van der Waals surface area contributed by atoms with Crippen LogP contribution >= 0.6 is 11.8 Å². The van der Waals surface area contributed by atoms with E-state index in [0.717, 1.165) is 62.5 Å². The lowest BCUT2D eigenvalue weighted by Gasteiger charge is -2.51. The van der Waals surface area contributed by atoms with Crippen molar-refractivity contribution in [2.45, 2.75) is 102 Å². The first kappa shape index (κ1) is 34.0. The number of unbranched alkanes of at least 4 members (excludes halogenated alkanes) is 2. The Hall–Kier alpha value is -1.91. The molecule has 0 radical (unpaired) electrons. The standard InChI is InChI=1S/C32H43F6NO3S/c1-30-13-10-22-23-19-25(33)26(40)18-21(23)17-20(29(22)24(30)8-9-27(30)41)7-4-3-5-14-39(2)28(42)11-16-43-15-6-12-31(34,35)32(36,37)38/h18-20,22,24,29,40H,3-17H2,1-2H3/t20-,22-,24+,29-,30+/m1/s1. The van der Waals surface area contributed by atoms with E-state index in [1.165, 1.54) is 17.8 Å². The summed E-state index contributed by atoms with van der Waals surface area (Å²) < 4.78 is 77.0. The van der Waals surface area contributed by atoms with Gasteiger partial charge in [-0.25, -0.2) is 4.39 Å². The molecule has 0 spiro atoms. The molecule has 2 saturated carbocycles. The molecule has 1 amide bonds. The van der Waals surface area contributed by atoms with Crippen molar-refractivity contribution in [2.24, 2.45) is 23.2 Å². The number of phenolic OH excluding ortho intramolecular Hbond substituents is 1. The van der Waals surface area contributed by atoms with Gasteiger partial charge in [-0.2, -0.15) is 33.7 Å². The van der Waals surface area contributed by atoms with Crippen LogP contribution in [0.3, 0.4) is 0 Å². The monoisotopic (exact) mass is 635 g/mol. The topological polar surface area (TPSA) is 57.6 Å². The second-order valence-corrected chi connectivity index (χ2v) is 14.2. The molecule has 1 aromatic carbocycles. The molecule has 0 bridgehead atoms. The Balaban J connectivity index is 1.21. The number of amides is 1. The highest BCUT2D eigenvalue weighted by Gasteiger charge is 2.57. The van der Waals surface area contributed by atoms with Crippen LogP contribution in [0.25, 0.3) is 0 Å². The minimum absolute atomic E-state index is 0.0840. The molecule has 0 saturated heterocycles. The van der Waals surface area contributed by atoms with Gasteiger partial charge in [-0.3, -0.25) is 9.59 Å². The zero-order chi connectivity index (χ0) is 31.6. The van der Waals surface area contributed by atoms with E-state index in [1.54, 1.807) is 18.0 Å². The molecule has 2 fully saturated rings. The molecule has 1 aromatic rings. The highest BCUT2D eigenvalue weighted by molar-refractivity contribution is 7.99. The number of hydrogen-bond acceptors (Lipinski definition) is 4. The molecule has 5 atom stereocenters. The molecule has 0 aliphatic heterocycles. The van der Waals surface area contributed by atoms with Gasteiger partial charge >= 0.3 is 12.1 Å². The number of phenols is 1. The Bertz CT molecular complexity index is 1160. The summed E-state index contributed by atoms with van der Waals surface area (Å²) in [5.74, 6) is -3.68. The van der Waals surface area contributed by atoms with Crippen molar-refractivity contribution >= 4 is 23.5 Å². The van der Waals surface area contributed by atoms with Gasteiger partial charge in [-0.1, -0.05) is 19.8 Å². The molecule has 4 nitrogen and oxygen atoms in total. The van der Waals surface area contributed by atoms with E-state index in [-0.39, 0.29) is 47.5 Å². The number of rotatable bonds is 13. The number of alkyl halides is 5. The molecule has 0 heterocycles. The fourth-order valence-electron chi connectivity index (χ4n) is 7.89. The lowest BCUT2D eigenvalue weighted by molar-refractivity contribution is -0.284. The predicted octanol–water partition coefficient (Wildman–Crippen LogP) is 8.30. The molecular weight excluding hydrogens is 592 g/mol. The van der Waals surface area contributed by atoms with E-state index in [4.69, 9.17) is 0 Å². The first-order chi connectivity index (χ1) is 20.2. The van der Waals surface area contributed by atoms with Crippen LogP contribution in [-0.4, -0.2) is 58.9 Å². The van der Waals surface area contributed by atoms with Crippen molar-refractivity contribution in [3.8, 4) is 5.75 Å². The van der Waals surface area contributed by atoms with Crippen molar-refractivity contribution < 1.29 is 41.0 Å². The number of halogens is 6. The number of thioether (sulfide) groups is 1. The van der Waals surface area contributed by atoms with E-state index in [0.29, 0.717) is 36.3 Å². The first-order valence-corrected chi connectivity index (χ1v) is 16.6. The van der Waals surface area contributed by atoms with Crippen LogP contribution in [0.1, 0.15) is 94.6 Å². The third-order valence-electron chi connectivity index (χ3n) is 10.3. The van der Waals surface area contributed by atoms with E-state index < -0.39 is 24.3 Å². The van der Waals surface area contributed by atoms with Gasteiger partial charge in [0.15, 0.2) is 11.6 Å². The number of hydrogen-bond donors (Lipinski definition) is 1. The van der Waals surface area contributed by atoms with Gasteiger partial charge in [-0.15, -0.1) is 0 Å². The Labute approximate surface area is 254 Å². The number of fused-ring (bicyclic) bond motifs is 5. The van der Waals surface area contributed by atoms with Gasteiger partial charge in [0.1, 0.15) is 5.78 Å². The SMILES string of the molecule is CN(CCCCC[C@@H]1Cc2cc(O)c(F)cc2[C@H]2CC[C@]3(C)C(=O)CC[C@H]3[C@H]12)C(=O)CCSCCCC(F)(F)C(F)(F)F. The lowest BCUT2D eigenvalue weighted by Crippen LogP contribution is -2.46. The maximum atomic E-state index is 14.4. The molecule has 1 N–H and O–H groups in total. The van der Waals surface area contributed by atoms with E-state index in [9.17, 15) is 41.0 Å². The Kier molecular flexibility index (Phi) is 10.8. The van der Waals surface area contributed by atoms with Crippen LogP contribution < -0.4 is 0 Å². The van der Waals surface area contributed by atoms with E-state index in [2.05, 4.69) is 6.92 Å². The summed E-state index contributed by atoms with van der Waals surface area (Å²) in [4.78, 5) is 26.9. The van der Waals surface area contributed by atoms with Crippen LogP contribution in [0.2, 0.25) is 0 Å². The highest BCUT2D eigenvalue weighted by atomic mass is 32.2. The maximum absolute atomic E-state index is 14.4. The Morgan fingerprint density at radius 3 is 2.56 bits per heavy atom. The number of carbonyl (C=O) groups is 2. The van der Waals surface area contributed by atoms with Gasteiger partial charge in [0.25, 0.3) is 0 Å². The molecule has 4 rings (SSSR count). The van der Waals surface area contributed by atoms with Crippen LogP contribution in [0.4, 0.5) is 26.3 Å². The molecule has 0 unspecified atom stereocenters. The Morgan fingerprint density at radius 1 is 1.09 bits per heavy atom. The van der Waals surface area contributed by atoms with Crippen molar-refractivity contribution in [2.75, 3.05) is 25.1 Å². The summed E-state index contributed by atoms with van der Waals surface area (Å²) in [6.45, 7) is 2.69. The number of carbonyl (C=O) groups excluding carboxylic acids is 2. The van der Waals surface area contributed by atoms with Crippen molar-refractivity contribution in [1.29, 1.82) is 0 Å². The minimum atomic E-state index is -5.53. The zero-order valence-corrected chi connectivity index (χ0v) is 25.8. The fraction of sp³-hybridized carbons (Fsp3) is 0.750. The van der Waals surface area contributed by atoms with E-state index >= 15 is 0 Å². The van der Waals surface area contributed by atoms with Gasteiger partial charge < -0.3 is 10.0 Å². The first-order valence-electron chi connectivity index (χ1n) is 15.5. The molecule has 3 aliphatic carbocycles. The zero-order valence-electron chi connectivity index (χ0n) is 25.0. The largest absolute Gasteiger partial charge is 0.505 e. The smallest absolute Gasteiger partial charge is 0.453 e. The Morgan fingerprint density at radius 2 is 1.84 bits per heavy atom. The van der Waals surface area contributed by atoms with Crippen LogP contribution in [0.15, 0.2) is 12.1 Å². The summed E-state index contributed by atoms with van der Waals surface area (Å²) >= 11 is 1.20. The molecular formula is C32H43F6NO3S. The molecule has 0 aromatic heterocycles. The summed E-state index contributed by atoms with van der Waals surface area (Å²) in [6.07, 6.45) is 0.712. The highest BCUT2D eigenvalue weighted by Crippen LogP contribution is 2.61. The maximum Gasteiger partial charge on any atom is 0.453 e. The fourth-order valence-corrected chi connectivity index (χ4v) is 8.76. The van der Waals surface area contributed by atoms with Crippen molar-refractivity contribution in [1.82, 2.24) is 4.90 Å². The van der Waals surface area contributed by atoms with Crippen LogP contribution in [0, 0.1) is 29.0 Å². The van der Waals surface area contributed by atoms with Crippen molar-refractivity contribution in [3.05, 3.63) is 29.1 Å². The summed E-state index contributed by atoms with van der Waals surface area (Å²) in [6, 6.07) is 3.09. The minimum Gasteiger partial charge on any atom is -0.505 e. The summed E-state index contributed by atoms with van der Waals surface area (Å²) in [5.41, 5.74) is 1.70. The third-order valence-corrected chi connectivity index (χ3v) is 11.4. The number of aromatic hydroxyl groups is 1. The second-order valence-electron chi connectivity index (χ2n) is 13.0. The molecule has 242 valence electrons. The van der Waals surface area contributed by atoms with Gasteiger partial charge in [0.05, 0.1) is 0 Å². The van der Waals surface area contributed by atoms with Crippen LogP contribution in [-0.2, 0) is 16.0 Å². The van der Waals surface area contributed by atoms with Gasteiger partial charge in [0, 0.05) is 44.0 Å². The average molecular weight is 636 g/mol. The number of Topliss-reactive ketones (excluding diaryl/α,β-unsaturated/α-hetero) is 1.